The molecule has 0 unspecified atom stereocenters. The van der Waals surface area contributed by atoms with E-state index < -0.39 is 0 Å². The fourth-order valence-corrected chi connectivity index (χ4v) is 0.356. The molecule has 3 nitrogen and oxygen atoms in total. The van der Waals surface area contributed by atoms with Crippen molar-refractivity contribution in [1.82, 2.24) is 5.32 Å². The Hall–Kier alpha value is 0.516. The van der Waals surface area contributed by atoms with Crippen LogP contribution in [-0.2, 0) is 9.59 Å². The van der Waals surface area contributed by atoms with E-state index in [0.717, 1.165) is 0 Å². The van der Waals surface area contributed by atoms with Crippen LogP contribution < -0.4 is 5.32 Å². The van der Waals surface area contributed by atoms with E-state index >= 15 is 0 Å². The Morgan fingerprint density at radius 2 is 1.50 bits per heavy atom. The number of imide groups is 1. The maximum atomic E-state index is 10.0. The summed E-state index contributed by atoms with van der Waals surface area (Å²) in [7, 11) is 0. The van der Waals surface area contributed by atoms with E-state index in [1.807, 2.05) is 5.32 Å². The molecule has 0 bridgehead atoms. The third-order valence-electron chi connectivity index (χ3n) is 0.632. The minimum atomic E-state index is -0.329. The fraction of sp³-hybridized carbons (Fsp3) is 0. The van der Waals surface area contributed by atoms with Crippen LogP contribution in [0.25, 0.3) is 0 Å². The molecule has 0 atom stereocenters. The molecule has 0 saturated heterocycles. The van der Waals surface area contributed by atoms with Gasteiger partial charge in [-0.05, 0) is 0 Å². The molecule has 1 rings (SSSR count). The van der Waals surface area contributed by atoms with E-state index in [2.05, 4.69) is 0 Å². The molecule has 0 aliphatic carbocycles. The van der Waals surface area contributed by atoms with Gasteiger partial charge in [0.05, 0.1) is 0 Å². The first-order chi connectivity index (χ1) is 3.29. The van der Waals surface area contributed by atoms with E-state index in [0.29, 0.717) is 0 Å². The number of amides is 2. The van der Waals surface area contributed by atoms with Gasteiger partial charge >= 0.3 is 0 Å². The van der Waals surface area contributed by atoms with Gasteiger partial charge in [0.1, 0.15) is 0 Å². The van der Waals surface area contributed by atoms with Gasteiger partial charge in [0.15, 0.2) is 0 Å². The summed E-state index contributed by atoms with van der Waals surface area (Å²) < 4.78 is 0. The molecule has 0 aromatic rings. The second-order valence-corrected chi connectivity index (χ2v) is 1.19. The summed E-state index contributed by atoms with van der Waals surface area (Å²) in [6.07, 6.45) is 2.39. The molecule has 1 heterocycles. The van der Waals surface area contributed by atoms with Crippen LogP contribution in [0.4, 0.5) is 0 Å². The summed E-state index contributed by atoms with van der Waals surface area (Å²) in [5.74, 6) is -0.657. The van der Waals surface area contributed by atoms with Crippen molar-refractivity contribution in [3.63, 3.8) is 0 Å². The van der Waals surface area contributed by atoms with Gasteiger partial charge in [-0.2, -0.15) is 0 Å². The third-order valence-corrected chi connectivity index (χ3v) is 0.632. The van der Waals surface area contributed by atoms with E-state index in [9.17, 15) is 9.59 Å². The fourth-order valence-electron chi connectivity index (χ4n) is 0.356. The minimum Gasteiger partial charge on any atom is -0.289 e. The predicted molar refractivity (Wildman–Crippen MR) is 28.0 cm³/mol. The van der Waals surface area contributed by atoms with E-state index in [4.69, 9.17) is 0 Å². The predicted octanol–water partition coefficient (Wildman–Crippen LogP) is -1.18. The molecule has 4 heteroatoms. The number of hydrogen-bond acceptors (Lipinski definition) is 2. The maximum absolute atomic E-state index is 10.0. The van der Waals surface area contributed by atoms with E-state index in [1.165, 1.54) is 12.2 Å². The first-order valence-electron chi connectivity index (χ1n) is 1.82. The van der Waals surface area contributed by atoms with Gasteiger partial charge in [0, 0.05) is 63.5 Å². The largest absolute Gasteiger partial charge is 0.289 e. The normalized spacial score (nSPS) is 15.5. The molecular weight excluding hydrogens is 133 g/mol. The Labute approximate surface area is 88.9 Å². The third kappa shape index (κ3) is 2.19. The average molecular weight is 136 g/mol. The summed E-state index contributed by atoms with van der Waals surface area (Å²) in [6, 6.07) is 0. The summed E-state index contributed by atoms with van der Waals surface area (Å²) in [6.45, 7) is 0. The van der Waals surface area contributed by atoms with Gasteiger partial charge in [-0.3, -0.25) is 14.9 Å². The van der Waals surface area contributed by atoms with Crippen LogP contribution in [0, 0.1) is 0 Å². The van der Waals surface area contributed by atoms with Crippen molar-refractivity contribution < 1.29 is 9.59 Å². The Balaban J connectivity index is 0.000000490. The number of carbonyl (C=O) groups is 2. The molecule has 0 fully saturated rings. The van der Waals surface area contributed by atoms with Gasteiger partial charge in [-0.15, -0.1) is 0 Å². The summed E-state index contributed by atoms with van der Waals surface area (Å²) >= 11 is 0. The molecular formula is C4H3KNO2. The maximum Gasteiger partial charge on any atom is 0.250 e. The molecule has 0 aromatic heterocycles. The van der Waals surface area contributed by atoms with E-state index in [1.54, 1.807) is 0 Å². The Kier molecular flexibility index (Phi) is 3.75. The number of carbonyl (C=O) groups excluding carboxylic acids is 2. The number of nitrogens with one attached hydrogen (secondary N) is 1. The monoisotopic (exact) mass is 136 g/mol. The van der Waals surface area contributed by atoms with Crippen molar-refractivity contribution >= 4 is 63.2 Å². The summed E-state index contributed by atoms with van der Waals surface area (Å²) in [4.78, 5) is 20.1. The van der Waals surface area contributed by atoms with Crippen LogP contribution in [0.5, 0.6) is 0 Å². The zero-order valence-corrected chi connectivity index (χ0v) is 7.59. The zero-order valence-electron chi connectivity index (χ0n) is 4.47. The van der Waals surface area contributed by atoms with Crippen LogP contribution in [-0.4, -0.2) is 63.2 Å². The molecule has 1 radical (unpaired) electrons. The van der Waals surface area contributed by atoms with Crippen molar-refractivity contribution in [3.8, 4) is 0 Å². The molecule has 8 heavy (non-hydrogen) atoms. The molecule has 1 N–H and O–H groups in total. The number of hydrogen-bond donors (Lipinski definition) is 1. The minimum absolute atomic E-state index is 0. The van der Waals surface area contributed by atoms with Crippen molar-refractivity contribution in [2.45, 2.75) is 0 Å². The molecule has 2 amide bonds. The van der Waals surface area contributed by atoms with Crippen LogP contribution in [0.1, 0.15) is 0 Å². The first kappa shape index (κ1) is 8.52. The van der Waals surface area contributed by atoms with Gasteiger partial charge in [0.2, 0.25) is 0 Å². The summed E-state index contributed by atoms with van der Waals surface area (Å²) in [5.41, 5.74) is 0. The molecule has 0 saturated carbocycles. The standard InChI is InChI=1S/C4H3NO2.K/c6-3-1-2-4(7)5-3;/h1-2H,(H,5,6,7);. The second kappa shape index (κ2) is 3.52. The van der Waals surface area contributed by atoms with Crippen molar-refractivity contribution in [2.75, 3.05) is 0 Å². The SMILES string of the molecule is O=C1C=CC(=O)N1.[K]. The molecule has 0 aromatic carbocycles. The van der Waals surface area contributed by atoms with Crippen LogP contribution in [0.15, 0.2) is 12.2 Å². The molecule has 1 aliphatic heterocycles. The van der Waals surface area contributed by atoms with Crippen LogP contribution in [0.2, 0.25) is 0 Å². The van der Waals surface area contributed by atoms with Crippen molar-refractivity contribution in [2.24, 2.45) is 0 Å². The zero-order chi connectivity index (χ0) is 5.28. The van der Waals surface area contributed by atoms with Gasteiger partial charge < -0.3 is 0 Å². The van der Waals surface area contributed by atoms with Gasteiger partial charge in [-0.1, -0.05) is 0 Å². The Morgan fingerprint density at radius 3 is 1.62 bits per heavy atom. The second-order valence-electron chi connectivity index (χ2n) is 1.19. The van der Waals surface area contributed by atoms with Crippen LogP contribution in [0.3, 0.4) is 0 Å². The Bertz CT molecular complexity index is 136. The van der Waals surface area contributed by atoms with Crippen molar-refractivity contribution in [3.05, 3.63) is 12.2 Å². The quantitative estimate of drug-likeness (QED) is 0.336. The average Bonchev–Trinajstić information content (AvgIpc) is 1.87. The van der Waals surface area contributed by atoms with Crippen molar-refractivity contribution in [1.29, 1.82) is 0 Å². The molecule has 1 aliphatic rings. The molecule has 0 spiro atoms. The molecule has 37 valence electrons. The topological polar surface area (TPSA) is 46.2 Å². The Morgan fingerprint density at radius 1 is 1.12 bits per heavy atom. The van der Waals surface area contributed by atoms with Crippen LogP contribution >= 0.6 is 0 Å². The first-order valence-corrected chi connectivity index (χ1v) is 1.82. The smallest absolute Gasteiger partial charge is 0.250 e. The van der Waals surface area contributed by atoms with Gasteiger partial charge in [-0.25, -0.2) is 0 Å². The summed E-state index contributed by atoms with van der Waals surface area (Å²) in [5, 5.41) is 2.03. The van der Waals surface area contributed by atoms with E-state index in [-0.39, 0.29) is 63.2 Å². The van der Waals surface area contributed by atoms with Gasteiger partial charge in [0.25, 0.3) is 11.8 Å². The number of rotatable bonds is 0.